The molecule has 2 rings (SSSR count). The van der Waals surface area contributed by atoms with E-state index < -0.39 is 41.8 Å². The van der Waals surface area contributed by atoms with Gasteiger partial charge >= 0.3 is 5.97 Å². The van der Waals surface area contributed by atoms with Crippen molar-refractivity contribution in [3.63, 3.8) is 0 Å². The molecule has 0 aliphatic heterocycles. The van der Waals surface area contributed by atoms with Crippen LogP contribution in [0.4, 0.5) is 0 Å². The molecule has 11 heteroatoms. The number of H-pyrrole nitrogens is 1. The van der Waals surface area contributed by atoms with Gasteiger partial charge in [0.1, 0.15) is 12.1 Å². The summed E-state index contributed by atoms with van der Waals surface area (Å²) in [5, 5.41) is 18.3. The maximum Gasteiger partial charge on any atom is 0.326 e. The first-order chi connectivity index (χ1) is 17.2. The van der Waals surface area contributed by atoms with E-state index in [9.17, 15) is 24.3 Å². The van der Waals surface area contributed by atoms with Crippen molar-refractivity contribution in [2.75, 3.05) is 13.1 Å². The molecule has 0 aliphatic carbocycles. The average Bonchev–Trinajstić information content (AvgIpc) is 3.28. The van der Waals surface area contributed by atoms with E-state index >= 15 is 0 Å². The highest BCUT2D eigenvalue weighted by Gasteiger charge is 2.27. The summed E-state index contributed by atoms with van der Waals surface area (Å²) in [6.07, 6.45) is 3.97. The van der Waals surface area contributed by atoms with E-state index in [1.165, 1.54) is 0 Å². The van der Waals surface area contributed by atoms with Gasteiger partial charge in [0.25, 0.3) is 0 Å². The molecule has 0 aliphatic rings. The van der Waals surface area contributed by atoms with Crippen LogP contribution in [0.1, 0.15) is 45.1 Å². The molecule has 1 aromatic carbocycles. The molecule has 9 N–H and O–H groups in total. The fourth-order valence-electron chi connectivity index (χ4n) is 3.80. The lowest BCUT2D eigenvalue weighted by molar-refractivity contribution is -0.142. The van der Waals surface area contributed by atoms with Crippen LogP contribution >= 0.6 is 0 Å². The maximum atomic E-state index is 13.0. The van der Waals surface area contributed by atoms with Crippen molar-refractivity contribution in [2.24, 2.45) is 17.4 Å². The second-order valence-corrected chi connectivity index (χ2v) is 9.00. The van der Waals surface area contributed by atoms with E-state index in [1.807, 2.05) is 38.1 Å². The molecule has 1 heterocycles. The van der Waals surface area contributed by atoms with E-state index in [1.54, 1.807) is 6.20 Å². The van der Waals surface area contributed by atoms with Crippen molar-refractivity contribution in [3.05, 3.63) is 36.0 Å². The number of carbonyl (C=O) groups excluding carboxylic acids is 3. The van der Waals surface area contributed by atoms with Gasteiger partial charge < -0.3 is 37.5 Å². The van der Waals surface area contributed by atoms with Crippen molar-refractivity contribution < 1.29 is 24.3 Å². The molecule has 1 aromatic heterocycles. The van der Waals surface area contributed by atoms with Crippen molar-refractivity contribution in [2.45, 2.75) is 64.1 Å². The van der Waals surface area contributed by atoms with Crippen molar-refractivity contribution in [3.8, 4) is 0 Å². The number of aliphatic carboxylic acids is 1. The summed E-state index contributed by atoms with van der Waals surface area (Å²) in [7, 11) is 0. The number of nitrogens with two attached hydrogens (primary N) is 2. The number of hydrogen-bond acceptors (Lipinski definition) is 6. The number of fused-ring (bicyclic) bond motifs is 1. The molecule has 198 valence electrons. The molecule has 4 unspecified atom stereocenters. The number of rotatable bonds is 15. The zero-order chi connectivity index (χ0) is 26.7. The standard InChI is InChI=1S/C25H38N6O5/c1-3-15(2)22(27)24(34)29-14-21(32)30-19(10-6-7-11-26)23(33)31-20(25(35)36)12-16-13-28-18-9-5-4-8-17(16)18/h4-5,8-9,13,15,19-20,22,28H,3,6-7,10-12,14,26-27H2,1-2H3,(H,29,34)(H,30,32)(H,31,33)(H,35,36). The zero-order valence-corrected chi connectivity index (χ0v) is 20.9. The van der Waals surface area contributed by atoms with Crippen molar-refractivity contribution >= 4 is 34.6 Å². The number of amides is 3. The van der Waals surface area contributed by atoms with Crippen LogP contribution in [0.5, 0.6) is 0 Å². The number of benzene rings is 1. The molecule has 0 spiro atoms. The lowest BCUT2D eigenvalue weighted by Gasteiger charge is -2.22. The first-order valence-electron chi connectivity index (χ1n) is 12.3. The van der Waals surface area contributed by atoms with Crippen LogP contribution in [0, 0.1) is 5.92 Å². The van der Waals surface area contributed by atoms with Gasteiger partial charge in [0.05, 0.1) is 12.6 Å². The van der Waals surface area contributed by atoms with Gasteiger partial charge in [-0.15, -0.1) is 0 Å². The highest BCUT2D eigenvalue weighted by molar-refractivity contribution is 5.93. The van der Waals surface area contributed by atoms with E-state index in [0.717, 1.165) is 16.5 Å². The molecule has 36 heavy (non-hydrogen) atoms. The quantitative estimate of drug-likeness (QED) is 0.171. The van der Waals surface area contributed by atoms with E-state index in [2.05, 4.69) is 20.9 Å². The molecule has 4 atom stereocenters. The molecule has 0 fully saturated rings. The Morgan fingerprint density at radius 3 is 2.44 bits per heavy atom. The van der Waals surface area contributed by atoms with Gasteiger partial charge in [0, 0.05) is 23.5 Å². The molecule has 0 bridgehead atoms. The number of nitrogens with one attached hydrogen (secondary N) is 4. The van der Waals surface area contributed by atoms with Crippen molar-refractivity contribution in [1.29, 1.82) is 0 Å². The Morgan fingerprint density at radius 1 is 1.06 bits per heavy atom. The van der Waals surface area contributed by atoms with Crippen molar-refractivity contribution in [1.82, 2.24) is 20.9 Å². The predicted octanol–water partition coefficient (Wildman–Crippen LogP) is 0.383. The Hall–Kier alpha value is -3.44. The van der Waals surface area contributed by atoms with Crippen LogP contribution in [-0.4, -0.2) is 65.0 Å². The predicted molar refractivity (Wildman–Crippen MR) is 137 cm³/mol. The lowest BCUT2D eigenvalue weighted by atomic mass is 9.99. The van der Waals surface area contributed by atoms with Gasteiger partial charge in [-0.05, 0) is 43.4 Å². The third kappa shape index (κ3) is 8.35. The molecular formula is C25H38N6O5. The summed E-state index contributed by atoms with van der Waals surface area (Å²) in [5.74, 6) is -2.88. The Bertz CT molecular complexity index is 1040. The first-order valence-corrected chi connectivity index (χ1v) is 12.3. The summed E-state index contributed by atoms with van der Waals surface area (Å²) >= 11 is 0. The maximum absolute atomic E-state index is 13.0. The second-order valence-electron chi connectivity index (χ2n) is 9.00. The fourth-order valence-corrected chi connectivity index (χ4v) is 3.80. The number of aromatic amines is 1. The minimum atomic E-state index is -1.20. The van der Waals surface area contributed by atoms with Crippen LogP contribution in [0.3, 0.4) is 0 Å². The first kappa shape index (κ1) is 28.8. The van der Waals surface area contributed by atoms with Gasteiger partial charge in [-0.3, -0.25) is 14.4 Å². The molecule has 0 saturated heterocycles. The topological polar surface area (TPSA) is 192 Å². The molecule has 2 aromatic rings. The number of para-hydroxylation sites is 1. The average molecular weight is 503 g/mol. The Balaban J connectivity index is 2.03. The van der Waals surface area contributed by atoms with E-state index in [0.29, 0.717) is 25.8 Å². The molecule has 11 nitrogen and oxygen atoms in total. The lowest BCUT2D eigenvalue weighted by Crippen LogP contribution is -2.54. The minimum Gasteiger partial charge on any atom is -0.480 e. The van der Waals surface area contributed by atoms with Gasteiger partial charge in [-0.25, -0.2) is 4.79 Å². The summed E-state index contributed by atoms with van der Waals surface area (Å²) in [6.45, 7) is 3.83. The third-order valence-electron chi connectivity index (χ3n) is 6.30. The van der Waals surface area contributed by atoms with Gasteiger partial charge in [0.2, 0.25) is 17.7 Å². The SMILES string of the molecule is CCC(C)C(N)C(=O)NCC(=O)NC(CCCCN)C(=O)NC(Cc1c[nH]c2ccccc12)C(=O)O. The normalized spacial score (nSPS) is 14.4. The van der Waals surface area contributed by atoms with Gasteiger partial charge in [0.15, 0.2) is 0 Å². The van der Waals surface area contributed by atoms with Crippen LogP contribution in [-0.2, 0) is 25.6 Å². The molecule has 0 saturated carbocycles. The number of aromatic nitrogens is 1. The second kappa shape index (κ2) is 14.2. The fraction of sp³-hybridized carbons (Fsp3) is 0.520. The van der Waals surface area contributed by atoms with E-state index in [4.69, 9.17) is 11.5 Å². The summed E-state index contributed by atoms with van der Waals surface area (Å²) in [6, 6.07) is 4.56. The number of carboxylic acids is 1. The smallest absolute Gasteiger partial charge is 0.326 e. The highest BCUT2D eigenvalue weighted by Crippen LogP contribution is 2.19. The van der Waals surface area contributed by atoms with Crippen LogP contribution in [0.15, 0.2) is 30.5 Å². The highest BCUT2D eigenvalue weighted by atomic mass is 16.4. The van der Waals surface area contributed by atoms with Crippen LogP contribution < -0.4 is 27.4 Å². The van der Waals surface area contributed by atoms with E-state index in [-0.39, 0.29) is 25.3 Å². The Kier molecular flexibility index (Phi) is 11.4. The zero-order valence-electron chi connectivity index (χ0n) is 20.9. The van der Waals surface area contributed by atoms with Gasteiger partial charge in [-0.2, -0.15) is 0 Å². The number of carboxylic acid groups (broad SMARTS) is 1. The minimum absolute atomic E-state index is 0.0482. The summed E-state index contributed by atoms with van der Waals surface area (Å²) in [5.41, 5.74) is 13.1. The third-order valence-corrected chi connectivity index (χ3v) is 6.30. The monoisotopic (exact) mass is 502 g/mol. The summed E-state index contributed by atoms with van der Waals surface area (Å²) < 4.78 is 0. The summed E-state index contributed by atoms with van der Waals surface area (Å²) in [4.78, 5) is 52.7. The van der Waals surface area contributed by atoms with Crippen LogP contribution in [0.25, 0.3) is 10.9 Å². The molecule has 3 amide bonds. The number of carbonyl (C=O) groups is 4. The largest absolute Gasteiger partial charge is 0.480 e. The molecule has 0 radical (unpaired) electrons. The number of hydrogen-bond donors (Lipinski definition) is 7. The Morgan fingerprint density at radius 2 is 1.78 bits per heavy atom. The number of unbranched alkanes of at least 4 members (excludes halogenated alkanes) is 1. The molecular weight excluding hydrogens is 464 g/mol. The van der Waals surface area contributed by atoms with Crippen LogP contribution in [0.2, 0.25) is 0 Å². The Labute approximate surface area is 210 Å². The van der Waals surface area contributed by atoms with Gasteiger partial charge in [-0.1, -0.05) is 38.5 Å².